The van der Waals surface area contributed by atoms with Gasteiger partial charge in [0.05, 0.1) is 13.2 Å². The van der Waals surface area contributed by atoms with Gasteiger partial charge in [-0.2, -0.15) is 0 Å². The molecule has 2 atom stereocenters. The Morgan fingerprint density at radius 3 is 2.37 bits per heavy atom. The average Bonchev–Trinajstić information content (AvgIpc) is 2.28. The quantitative estimate of drug-likeness (QED) is 0.903. The summed E-state index contributed by atoms with van der Waals surface area (Å²) in [6.07, 6.45) is 0.635. The van der Waals surface area contributed by atoms with Gasteiger partial charge in [0.25, 0.3) is 0 Å². The Bertz CT molecular complexity index is 415. The first kappa shape index (κ1) is 16.3. The third-order valence-electron chi connectivity index (χ3n) is 3.19. The number of methoxy groups -OCH3 is 2. The smallest absolute Gasteiger partial charge is 0.122 e. The first-order valence-electron chi connectivity index (χ1n) is 6.40. The zero-order valence-corrected chi connectivity index (χ0v) is 13.1. The maximum absolute atomic E-state index is 6.30. The van der Waals surface area contributed by atoms with Gasteiger partial charge in [0.15, 0.2) is 0 Å². The van der Waals surface area contributed by atoms with Gasteiger partial charge in [-0.3, -0.25) is 0 Å². The van der Waals surface area contributed by atoms with E-state index in [1.807, 2.05) is 18.2 Å². The molecule has 0 aromatic heterocycles. The van der Waals surface area contributed by atoms with Crippen molar-refractivity contribution < 1.29 is 9.47 Å². The molecule has 1 aromatic rings. The number of halogens is 1. The van der Waals surface area contributed by atoms with Crippen molar-refractivity contribution in [3.8, 4) is 5.75 Å². The lowest BCUT2D eigenvalue weighted by atomic mass is 9.82. The van der Waals surface area contributed by atoms with E-state index in [1.54, 1.807) is 14.2 Å². The SMILES string of the molecule is COc1ccc(Cl)cc1CC(N)C(OC)C(C)(C)C. The predicted octanol–water partition coefficient (Wildman–Crippen LogP) is 3.28. The first-order chi connectivity index (χ1) is 8.79. The summed E-state index contributed by atoms with van der Waals surface area (Å²) >= 11 is 6.03. The van der Waals surface area contributed by atoms with Crippen molar-refractivity contribution in [3.05, 3.63) is 28.8 Å². The molecule has 0 heterocycles. The van der Waals surface area contributed by atoms with E-state index in [1.165, 1.54) is 0 Å². The summed E-state index contributed by atoms with van der Waals surface area (Å²) in [5.74, 6) is 0.809. The second-order valence-corrected chi connectivity index (χ2v) is 6.28. The lowest BCUT2D eigenvalue weighted by molar-refractivity contribution is -0.00175. The van der Waals surface area contributed by atoms with Gasteiger partial charge in [0, 0.05) is 18.2 Å². The van der Waals surface area contributed by atoms with Crippen LogP contribution in [-0.2, 0) is 11.2 Å². The van der Waals surface area contributed by atoms with Gasteiger partial charge in [-0.15, -0.1) is 0 Å². The first-order valence-corrected chi connectivity index (χ1v) is 6.78. The normalized spacial score (nSPS) is 15.1. The highest BCUT2D eigenvalue weighted by atomic mass is 35.5. The van der Waals surface area contributed by atoms with E-state index in [9.17, 15) is 0 Å². The molecule has 0 amide bonds. The topological polar surface area (TPSA) is 44.5 Å². The molecule has 2 unspecified atom stereocenters. The zero-order chi connectivity index (χ0) is 14.6. The molecule has 0 saturated carbocycles. The minimum absolute atomic E-state index is 0.0139. The van der Waals surface area contributed by atoms with Crippen LogP contribution in [-0.4, -0.2) is 26.4 Å². The third-order valence-corrected chi connectivity index (χ3v) is 3.43. The molecule has 0 spiro atoms. The number of hydrogen-bond donors (Lipinski definition) is 1. The molecular formula is C15H24ClNO2. The van der Waals surface area contributed by atoms with E-state index in [-0.39, 0.29) is 17.6 Å². The van der Waals surface area contributed by atoms with Gasteiger partial charge in [-0.05, 0) is 35.6 Å². The fourth-order valence-corrected chi connectivity index (χ4v) is 2.63. The second kappa shape index (κ2) is 6.60. The fourth-order valence-electron chi connectivity index (χ4n) is 2.44. The molecule has 1 aromatic carbocycles. The van der Waals surface area contributed by atoms with Crippen LogP contribution >= 0.6 is 11.6 Å². The largest absolute Gasteiger partial charge is 0.496 e. The van der Waals surface area contributed by atoms with Gasteiger partial charge in [-0.25, -0.2) is 0 Å². The molecule has 19 heavy (non-hydrogen) atoms. The summed E-state index contributed by atoms with van der Waals surface area (Å²) in [6, 6.07) is 5.46. The molecule has 0 radical (unpaired) electrons. The van der Waals surface area contributed by atoms with Gasteiger partial charge in [-0.1, -0.05) is 32.4 Å². The van der Waals surface area contributed by atoms with Crippen molar-refractivity contribution in [1.29, 1.82) is 0 Å². The fraction of sp³-hybridized carbons (Fsp3) is 0.600. The Labute approximate surface area is 121 Å². The van der Waals surface area contributed by atoms with Crippen molar-refractivity contribution in [2.75, 3.05) is 14.2 Å². The van der Waals surface area contributed by atoms with Crippen LogP contribution in [0.5, 0.6) is 5.75 Å². The summed E-state index contributed by atoms with van der Waals surface area (Å²) in [7, 11) is 3.35. The molecule has 0 aliphatic carbocycles. The van der Waals surface area contributed by atoms with E-state index in [0.717, 1.165) is 11.3 Å². The molecule has 0 aliphatic rings. The molecule has 0 saturated heterocycles. The van der Waals surface area contributed by atoms with Crippen LogP contribution in [0, 0.1) is 5.41 Å². The molecule has 0 bridgehead atoms. The molecular weight excluding hydrogens is 262 g/mol. The Morgan fingerprint density at radius 2 is 1.89 bits per heavy atom. The Kier molecular flexibility index (Phi) is 5.65. The van der Waals surface area contributed by atoms with E-state index >= 15 is 0 Å². The maximum Gasteiger partial charge on any atom is 0.122 e. The summed E-state index contributed by atoms with van der Waals surface area (Å²) < 4.78 is 10.9. The van der Waals surface area contributed by atoms with Gasteiger partial charge >= 0.3 is 0 Å². The number of benzene rings is 1. The third kappa shape index (κ3) is 4.37. The van der Waals surface area contributed by atoms with Crippen LogP contribution in [0.4, 0.5) is 0 Å². The van der Waals surface area contributed by atoms with Crippen molar-refractivity contribution in [2.24, 2.45) is 11.1 Å². The average molecular weight is 286 g/mol. The van der Waals surface area contributed by atoms with E-state index < -0.39 is 0 Å². The lowest BCUT2D eigenvalue weighted by Crippen LogP contribution is -2.46. The van der Waals surface area contributed by atoms with E-state index in [0.29, 0.717) is 11.4 Å². The summed E-state index contributed by atoms with van der Waals surface area (Å²) in [6.45, 7) is 6.36. The van der Waals surface area contributed by atoms with Crippen LogP contribution in [0.2, 0.25) is 5.02 Å². The Balaban J connectivity index is 2.92. The number of nitrogens with two attached hydrogens (primary N) is 1. The molecule has 4 heteroatoms. The van der Waals surface area contributed by atoms with Gasteiger partial charge < -0.3 is 15.2 Å². The van der Waals surface area contributed by atoms with Crippen molar-refractivity contribution in [2.45, 2.75) is 39.3 Å². The standard InChI is InChI=1S/C15H24ClNO2/c1-15(2,3)14(19-5)12(17)9-10-8-11(16)6-7-13(10)18-4/h6-8,12,14H,9,17H2,1-5H3. The highest BCUT2D eigenvalue weighted by molar-refractivity contribution is 6.30. The molecule has 0 fully saturated rings. The molecule has 2 N–H and O–H groups in total. The molecule has 1 rings (SSSR count). The van der Waals surface area contributed by atoms with Crippen LogP contribution in [0.25, 0.3) is 0 Å². The van der Waals surface area contributed by atoms with Gasteiger partial charge in [0.2, 0.25) is 0 Å². The molecule has 108 valence electrons. The Morgan fingerprint density at radius 1 is 1.26 bits per heavy atom. The highest BCUT2D eigenvalue weighted by Gasteiger charge is 2.30. The number of rotatable bonds is 5. The monoisotopic (exact) mass is 285 g/mol. The predicted molar refractivity (Wildman–Crippen MR) is 79.9 cm³/mol. The summed E-state index contributed by atoms with van der Waals surface area (Å²) in [5, 5.41) is 0.688. The number of hydrogen-bond acceptors (Lipinski definition) is 3. The zero-order valence-electron chi connectivity index (χ0n) is 12.4. The molecule has 3 nitrogen and oxygen atoms in total. The van der Waals surface area contributed by atoms with Crippen LogP contribution < -0.4 is 10.5 Å². The van der Waals surface area contributed by atoms with Gasteiger partial charge in [0.1, 0.15) is 5.75 Å². The highest BCUT2D eigenvalue weighted by Crippen LogP contribution is 2.28. The van der Waals surface area contributed by atoms with Crippen molar-refractivity contribution in [1.82, 2.24) is 0 Å². The summed E-state index contributed by atoms with van der Waals surface area (Å²) in [4.78, 5) is 0. The van der Waals surface area contributed by atoms with Crippen LogP contribution in [0.3, 0.4) is 0 Å². The minimum atomic E-state index is -0.114. The van der Waals surface area contributed by atoms with E-state index in [4.69, 9.17) is 26.8 Å². The number of ether oxygens (including phenoxy) is 2. The maximum atomic E-state index is 6.30. The minimum Gasteiger partial charge on any atom is -0.496 e. The lowest BCUT2D eigenvalue weighted by Gasteiger charge is -2.34. The van der Waals surface area contributed by atoms with Crippen LogP contribution in [0.15, 0.2) is 18.2 Å². The summed E-state index contributed by atoms with van der Waals surface area (Å²) in [5.41, 5.74) is 7.29. The Hall–Kier alpha value is -0.770. The van der Waals surface area contributed by atoms with Crippen molar-refractivity contribution >= 4 is 11.6 Å². The van der Waals surface area contributed by atoms with Crippen molar-refractivity contribution in [3.63, 3.8) is 0 Å². The second-order valence-electron chi connectivity index (χ2n) is 5.85. The van der Waals surface area contributed by atoms with E-state index in [2.05, 4.69) is 20.8 Å². The van der Waals surface area contributed by atoms with Crippen LogP contribution in [0.1, 0.15) is 26.3 Å². The molecule has 0 aliphatic heterocycles.